The van der Waals surface area contributed by atoms with Crippen molar-refractivity contribution in [2.24, 2.45) is 0 Å². The van der Waals surface area contributed by atoms with E-state index in [1.165, 1.54) is 0 Å². The number of hydrogen-bond donors (Lipinski definition) is 4. The van der Waals surface area contributed by atoms with Crippen LogP contribution >= 0.6 is 0 Å². The highest BCUT2D eigenvalue weighted by molar-refractivity contribution is 6.05. The molecule has 0 unspecified atom stereocenters. The maximum absolute atomic E-state index is 12.6. The molecule has 3 amide bonds. The molecule has 7 heteroatoms. The Bertz CT molecular complexity index is 972. The van der Waals surface area contributed by atoms with E-state index in [0.717, 1.165) is 16.8 Å². The minimum absolute atomic E-state index is 0.262. The molecule has 7 nitrogen and oxygen atoms in total. The average molecular weight is 375 g/mol. The number of nitrogens with zero attached hydrogens (tertiary/aromatic N) is 1. The molecule has 0 saturated heterocycles. The van der Waals surface area contributed by atoms with Crippen LogP contribution < -0.4 is 21.7 Å². The number of hydrogen-bond acceptors (Lipinski definition) is 4. The zero-order valence-electron chi connectivity index (χ0n) is 15.4. The van der Waals surface area contributed by atoms with Gasteiger partial charge in [0.15, 0.2) is 5.82 Å². The maximum Gasteiger partial charge on any atom is 0.314 e. The van der Waals surface area contributed by atoms with E-state index in [1.807, 2.05) is 36.4 Å². The van der Waals surface area contributed by atoms with E-state index in [4.69, 9.17) is 5.73 Å². The maximum atomic E-state index is 12.6. The van der Waals surface area contributed by atoms with Crippen molar-refractivity contribution in [1.29, 1.82) is 0 Å². The third kappa shape index (κ3) is 4.64. The van der Waals surface area contributed by atoms with Gasteiger partial charge in [0.1, 0.15) is 0 Å². The number of nitrogens with one attached hydrogen (secondary N) is 3. The Balaban J connectivity index is 1.71. The second-order valence-corrected chi connectivity index (χ2v) is 6.08. The van der Waals surface area contributed by atoms with Gasteiger partial charge in [-0.15, -0.1) is 0 Å². The first-order valence-electron chi connectivity index (χ1n) is 8.74. The van der Waals surface area contributed by atoms with E-state index in [2.05, 4.69) is 20.9 Å². The highest BCUT2D eigenvalue weighted by atomic mass is 16.2. The minimum atomic E-state index is -0.310. The van der Waals surface area contributed by atoms with Crippen LogP contribution in [0.5, 0.6) is 0 Å². The number of aromatic nitrogens is 1. The molecule has 0 saturated carbocycles. The first-order valence-corrected chi connectivity index (χ1v) is 8.74. The van der Waals surface area contributed by atoms with E-state index >= 15 is 0 Å². The number of carbonyl (C=O) groups is 2. The molecule has 0 aliphatic carbocycles. The molecule has 142 valence electrons. The van der Waals surface area contributed by atoms with Gasteiger partial charge in [-0.3, -0.25) is 4.79 Å². The van der Waals surface area contributed by atoms with Crippen LogP contribution in [0.25, 0.3) is 11.3 Å². The molecule has 2 aromatic carbocycles. The first kappa shape index (κ1) is 18.9. The van der Waals surface area contributed by atoms with Gasteiger partial charge < -0.3 is 21.7 Å². The van der Waals surface area contributed by atoms with Crippen molar-refractivity contribution < 1.29 is 9.59 Å². The largest absolute Gasteiger partial charge is 0.396 e. The predicted octanol–water partition coefficient (Wildman–Crippen LogP) is 3.01. The Morgan fingerprint density at radius 3 is 2.36 bits per heavy atom. The topological polar surface area (TPSA) is 109 Å². The van der Waals surface area contributed by atoms with Gasteiger partial charge >= 0.3 is 6.03 Å². The van der Waals surface area contributed by atoms with Crippen LogP contribution in [0, 0.1) is 0 Å². The lowest BCUT2D eigenvalue weighted by atomic mass is 10.1. The van der Waals surface area contributed by atoms with Crippen molar-refractivity contribution in [1.82, 2.24) is 15.6 Å². The second-order valence-electron chi connectivity index (χ2n) is 6.08. The van der Waals surface area contributed by atoms with Gasteiger partial charge in [-0.05, 0) is 29.8 Å². The Kier molecular flexibility index (Phi) is 5.86. The Morgan fingerprint density at radius 2 is 1.68 bits per heavy atom. The molecule has 3 aromatic rings. The van der Waals surface area contributed by atoms with E-state index in [9.17, 15) is 9.59 Å². The zero-order valence-corrected chi connectivity index (χ0v) is 15.4. The van der Waals surface area contributed by atoms with E-state index in [1.54, 1.807) is 37.4 Å². The monoisotopic (exact) mass is 375 g/mol. The molecule has 0 aliphatic rings. The summed E-state index contributed by atoms with van der Waals surface area (Å²) in [6, 6.07) is 19.9. The Morgan fingerprint density at radius 1 is 0.964 bits per heavy atom. The molecule has 0 radical (unpaired) electrons. The molecule has 1 aromatic heterocycles. The number of pyridine rings is 1. The molecule has 5 N–H and O–H groups in total. The van der Waals surface area contributed by atoms with Crippen molar-refractivity contribution >= 4 is 23.4 Å². The van der Waals surface area contributed by atoms with Crippen LogP contribution in [0.15, 0.2) is 66.7 Å². The van der Waals surface area contributed by atoms with Gasteiger partial charge in [-0.1, -0.05) is 42.5 Å². The summed E-state index contributed by atoms with van der Waals surface area (Å²) >= 11 is 0. The van der Waals surface area contributed by atoms with Gasteiger partial charge in [0.25, 0.3) is 5.91 Å². The van der Waals surface area contributed by atoms with E-state index in [-0.39, 0.29) is 11.9 Å². The SMILES string of the molecule is CNC(=O)NCc1ccc(C(=O)Nc2nc(-c3ccccc3)ccc2N)cc1. The molecule has 0 atom stereocenters. The first-order chi connectivity index (χ1) is 13.6. The third-order valence-electron chi connectivity index (χ3n) is 4.12. The van der Waals surface area contributed by atoms with Crippen LogP contribution in [-0.4, -0.2) is 24.0 Å². The molecule has 0 fully saturated rings. The normalized spacial score (nSPS) is 10.2. The summed E-state index contributed by atoms with van der Waals surface area (Å²) in [6.07, 6.45) is 0. The highest BCUT2D eigenvalue weighted by Crippen LogP contribution is 2.23. The van der Waals surface area contributed by atoms with Crippen LogP contribution in [0.3, 0.4) is 0 Å². The molecule has 1 heterocycles. The Labute approximate surface area is 163 Å². The minimum Gasteiger partial charge on any atom is -0.396 e. The van der Waals surface area contributed by atoms with Crippen LogP contribution in [0.2, 0.25) is 0 Å². The number of amides is 3. The van der Waals surface area contributed by atoms with Crippen molar-refractivity contribution in [2.45, 2.75) is 6.54 Å². The van der Waals surface area contributed by atoms with Crippen molar-refractivity contribution in [3.05, 3.63) is 77.9 Å². The standard InChI is InChI=1S/C21H21N5O2/c1-23-21(28)24-13-14-7-9-16(10-8-14)20(27)26-19-17(22)11-12-18(25-19)15-5-3-2-4-6-15/h2-12H,13,22H2,1H3,(H2,23,24,28)(H,25,26,27). The highest BCUT2D eigenvalue weighted by Gasteiger charge is 2.11. The van der Waals surface area contributed by atoms with Gasteiger partial charge in [-0.25, -0.2) is 9.78 Å². The molecule has 3 rings (SSSR count). The number of nitrogens with two attached hydrogens (primary N) is 1. The van der Waals surface area contributed by atoms with Crippen LogP contribution in [0.1, 0.15) is 15.9 Å². The van der Waals surface area contributed by atoms with Gasteiger partial charge in [-0.2, -0.15) is 0 Å². The fourth-order valence-electron chi connectivity index (χ4n) is 2.56. The summed E-state index contributed by atoms with van der Waals surface area (Å²) in [5.41, 5.74) is 9.37. The van der Waals surface area contributed by atoms with E-state index in [0.29, 0.717) is 23.6 Å². The number of benzene rings is 2. The summed E-state index contributed by atoms with van der Waals surface area (Å²) in [7, 11) is 1.55. The van der Waals surface area contributed by atoms with Crippen LogP contribution in [0.4, 0.5) is 16.3 Å². The van der Waals surface area contributed by atoms with Gasteiger partial charge in [0.2, 0.25) is 0 Å². The molecular formula is C21H21N5O2. The molecular weight excluding hydrogens is 354 g/mol. The zero-order chi connectivity index (χ0) is 19.9. The summed E-state index contributed by atoms with van der Waals surface area (Å²) in [5.74, 6) is 0.00642. The summed E-state index contributed by atoms with van der Waals surface area (Å²) in [6.45, 7) is 0.370. The van der Waals surface area contributed by atoms with Crippen LogP contribution in [-0.2, 0) is 6.54 Å². The average Bonchev–Trinajstić information content (AvgIpc) is 2.74. The fraction of sp³-hybridized carbons (Fsp3) is 0.0952. The quantitative estimate of drug-likeness (QED) is 0.549. The van der Waals surface area contributed by atoms with Gasteiger partial charge in [0, 0.05) is 24.7 Å². The van der Waals surface area contributed by atoms with Gasteiger partial charge in [0.05, 0.1) is 11.4 Å². The van der Waals surface area contributed by atoms with Crippen molar-refractivity contribution in [3.63, 3.8) is 0 Å². The van der Waals surface area contributed by atoms with Crippen molar-refractivity contribution in [3.8, 4) is 11.3 Å². The summed E-state index contributed by atoms with van der Waals surface area (Å²) in [4.78, 5) is 28.2. The van der Waals surface area contributed by atoms with E-state index < -0.39 is 0 Å². The number of carbonyl (C=O) groups excluding carboxylic acids is 2. The summed E-state index contributed by atoms with van der Waals surface area (Å²) < 4.78 is 0. The number of nitrogen functional groups attached to an aromatic ring is 1. The molecule has 28 heavy (non-hydrogen) atoms. The van der Waals surface area contributed by atoms with Crippen molar-refractivity contribution in [2.75, 3.05) is 18.1 Å². The number of urea groups is 1. The summed E-state index contributed by atoms with van der Waals surface area (Å²) in [5, 5.41) is 7.93. The molecule has 0 aliphatic heterocycles. The smallest absolute Gasteiger partial charge is 0.314 e. The predicted molar refractivity (Wildman–Crippen MR) is 110 cm³/mol. The number of rotatable bonds is 5. The lowest BCUT2D eigenvalue weighted by Gasteiger charge is -2.10. The number of anilines is 2. The molecule has 0 spiro atoms. The second kappa shape index (κ2) is 8.68. The molecule has 0 bridgehead atoms. The third-order valence-corrected chi connectivity index (χ3v) is 4.12. The Hall–Kier alpha value is -3.87. The lowest BCUT2D eigenvalue weighted by Crippen LogP contribution is -2.32. The fourth-order valence-corrected chi connectivity index (χ4v) is 2.56. The lowest BCUT2D eigenvalue weighted by molar-refractivity contribution is 0.102.